The van der Waals surface area contributed by atoms with Gasteiger partial charge in [-0.2, -0.15) is 4.31 Å². The zero-order valence-corrected chi connectivity index (χ0v) is 13.6. The third-order valence-electron chi connectivity index (χ3n) is 3.98. The second-order valence-electron chi connectivity index (χ2n) is 5.40. The van der Waals surface area contributed by atoms with Crippen molar-refractivity contribution in [1.82, 2.24) is 4.31 Å². The van der Waals surface area contributed by atoms with Crippen molar-refractivity contribution < 1.29 is 13.5 Å². The molecule has 0 atom stereocenters. The number of rotatable bonds is 6. The lowest BCUT2D eigenvalue weighted by Crippen LogP contribution is -2.44. The highest BCUT2D eigenvalue weighted by molar-refractivity contribution is 7.89. The topological polar surface area (TPSA) is 83.6 Å². The minimum absolute atomic E-state index is 0.0165. The average molecular weight is 333 g/mol. The van der Waals surface area contributed by atoms with Crippen LogP contribution in [0.1, 0.15) is 31.2 Å². The standard InChI is InChI=1S/C14H21ClN2O3S/c1-10-13(15)8-12(9-14(10)16)21(19,20)17(6-3-7-18)11-4-2-5-11/h8-9,11,18H,2-7,16H2,1H3. The predicted molar refractivity (Wildman–Crippen MR) is 83.8 cm³/mol. The molecule has 0 spiro atoms. The number of anilines is 1. The Kier molecular flexibility index (Phi) is 5.14. The molecule has 1 saturated carbocycles. The maximum atomic E-state index is 12.8. The highest BCUT2D eigenvalue weighted by Crippen LogP contribution is 2.33. The molecule has 118 valence electrons. The van der Waals surface area contributed by atoms with Gasteiger partial charge >= 0.3 is 0 Å². The van der Waals surface area contributed by atoms with Crippen molar-refractivity contribution in [3.05, 3.63) is 22.7 Å². The van der Waals surface area contributed by atoms with Crippen LogP contribution in [-0.2, 0) is 10.0 Å². The molecule has 21 heavy (non-hydrogen) atoms. The van der Waals surface area contributed by atoms with Gasteiger partial charge in [-0.3, -0.25) is 0 Å². The summed E-state index contributed by atoms with van der Waals surface area (Å²) in [5.41, 5.74) is 6.89. The van der Waals surface area contributed by atoms with Gasteiger partial charge in [-0.25, -0.2) is 8.42 Å². The highest BCUT2D eigenvalue weighted by atomic mass is 35.5. The minimum atomic E-state index is -3.64. The summed E-state index contributed by atoms with van der Waals surface area (Å²) in [6.45, 7) is 2.04. The van der Waals surface area contributed by atoms with Crippen LogP contribution in [0.2, 0.25) is 5.02 Å². The highest BCUT2D eigenvalue weighted by Gasteiger charge is 2.34. The second kappa shape index (κ2) is 6.52. The lowest BCUT2D eigenvalue weighted by atomic mass is 9.93. The molecular weight excluding hydrogens is 312 g/mol. The van der Waals surface area contributed by atoms with Crippen LogP contribution in [0.5, 0.6) is 0 Å². The van der Waals surface area contributed by atoms with Crippen molar-refractivity contribution in [3.8, 4) is 0 Å². The number of hydrogen-bond acceptors (Lipinski definition) is 4. The molecule has 0 aromatic heterocycles. The second-order valence-corrected chi connectivity index (χ2v) is 7.69. The van der Waals surface area contributed by atoms with Crippen LogP contribution < -0.4 is 5.73 Å². The molecule has 1 aromatic carbocycles. The van der Waals surface area contributed by atoms with Gasteiger partial charge < -0.3 is 10.8 Å². The summed E-state index contributed by atoms with van der Waals surface area (Å²) in [7, 11) is -3.64. The Bertz CT molecular complexity index is 592. The summed E-state index contributed by atoms with van der Waals surface area (Å²) in [4.78, 5) is 0.125. The van der Waals surface area contributed by atoms with Gasteiger partial charge in [-0.1, -0.05) is 18.0 Å². The van der Waals surface area contributed by atoms with Gasteiger partial charge in [0.25, 0.3) is 0 Å². The molecular formula is C14H21ClN2O3S. The van der Waals surface area contributed by atoms with Crippen molar-refractivity contribution in [2.45, 2.75) is 43.5 Å². The van der Waals surface area contributed by atoms with Gasteiger partial charge in [0, 0.05) is 29.9 Å². The van der Waals surface area contributed by atoms with E-state index in [-0.39, 0.29) is 17.5 Å². The minimum Gasteiger partial charge on any atom is -0.398 e. The van der Waals surface area contributed by atoms with Crippen molar-refractivity contribution >= 4 is 27.3 Å². The molecule has 0 amide bonds. The van der Waals surface area contributed by atoms with E-state index in [0.717, 1.165) is 19.3 Å². The molecule has 7 heteroatoms. The van der Waals surface area contributed by atoms with Gasteiger partial charge in [-0.05, 0) is 43.9 Å². The molecule has 1 aliphatic rings. The van der Waals surface area contributed by atoms with Crippen LogP contribution in [-0.4, -0.2) is 37.0 Å². The number of benzene rings is 1. The Hall–Kier alpha value is -0.820. The smallest absolute Gasteiger partial charge is 0.243 e. The number of hydrogen-bond donors (Lipinski definition) is 2. The Morgan fingerprint density at radius 3 is 2.57 bits per heavy atom. The first kappa shape index (κ1) is 16.5. The van der Waals surface area contributed by atoms with Crippen LogP contribution in [0.25, 0.3) is 0 Å². The van der Waals surface area contributed by atoms with E-state index in [1.807, 2.05) is 0 Å². The molecule has 0 unspecified atom stereocenters. The summed E-state index contributed by atoms with van der Waals surface area (Å²) in [6, 6.07) is 2.93. The first-order valence-corrected chi connectivity index (χ1v) is 8.88. The van der Waals surface area contributed by atoms with Crippen LogP contribution in [0.3, 0.4) is 0 Å². The predicted octanol–water partition coefficient (Wildman–Crippen LogP) is 2.16. The van der Waals surface area contributed by atoms with Crippen LogP contribution in [0, 0.1) is 6.92 Å². The molecule has 0 saturated heterocycles. The van der Waals surface area contributed by atoms with Gasteiger partial charge in [0.1, 0.15) is 0 Å². The van der Waals surface area contributed by atoms with Crippen molar-refractivity contribution in [2.24, 2.45) is 0 Å². The zero-order valence-electron chi connectivity index (χ0n) is 12.0. The van der Waals surface area contributed by atoms with E-state index in [1.165, 1.54) is 16.4 Å². The summed E-state index contributed by atoms with van der Waals surface area (Å²) in [5.74, 6) is 0. The fourth-order valence-corrected chi connectivity index (χ4v) is 4.44. The zero-order chi connectivity index (χ0) is 15.6. The molecule has 1 aromatic rings. The third kappa shape index (κ3) is 3.34. The number of aliphatic hydroxyl groups is 1. The van der Waals surface area contributed by atoms with E-state index >= 15 is 0 Å². The first-order valence-electron chi connectivity index (χ1n) is 7.06. The monoisotopic (exact) mass is 332 g/mol. The first-order chi connectivity index (χ1) is 9.87. The van der Waals surface area contributed by atoms with Crippen molar-refractivity contribution in [1.29, 1.82) is 0 Å². The van der Waals surface area contributed by atoms with Gasteiger partial charge in [0.15, 0.2) is 0 Å². The summed E-state index contributed by atoms with van der Waals surface area (Å²) in [6.07, 6.45) is 3.18. The Morgan fingerprint density at radius 1 is 1.43 bits per heavy atom. The third-order valence-corrected chi connectivity index (χ3v) is 6.31. The van der Waals surface area contributed by atoms with Crippen LogP contribution in [0.4, 0.5) is 5.69 Å². The molecule has 3 N–H and O–H groups in total. The number of sulfonamides is 1. The molecule has 0 bridgehead atoms. The molecule has 0 heterocycles. The average Bonchev–Trinajstić information content (AvgIpc) is 2.37. The van der Waals surface area contributed by atoms with Crippen molar-refractivity contribution in [2.75, 3.05) is 18.9 Å². The van der Waals surface area contributed by atoms with Gasteiger partial charge in [-0.15, -0.1) is 0 Å². The van der Waals surface area contributed by atoms with Gasteiger partial charge in [0.05, 0.1) is 4.90 Å². The largest absolute Gasteiger partial charge is 0.398 e. The van der Waals surface area contributed by atoms with E-state index in [4.69, 9.17) is 22.4 Å². The quantitative estimate of drug-likeness (QED) is 0.782. The Balaban J connectivity index is 2.37. The molecule has 5 nitrogen and oxygen atoms in total. The summed E-state index contributed by atoms with van der Waals surface area (Å²) in [5, 5.41) is 9.34. The van der Waals surface area contributed by atoms with Gasteiger partial charge in [0.2, 0.25) is 10.0 Å². The fraction of sp³-hybridized carbons (Fsp3) is 0.571. The number of nitrogens with zero attached hydrogens (tertiary/aromatic N) is 1. The summed E-state index contributed by atoms with van der Waals surface area (Å²) < 4.78 is 27.1. The molecule has 2 rings (SSSR count). The molecule has 0 radical (unpaired) electrons. The number of nitrogen functional groups attached to an aromatic ring is 1. The normalized spacial score (nSPS) is 16.2. The SMILES string of the molecule is Cc1c(N)cc(S(=O)(=O)N(CCCO)C2CCC2)cc1Cl. The number of aliphatic hydroxyl groups excluding tert-OH is 1. The van der Waals surface area contributed by atoms with E-state index < -0.39 is 10.0 Å². The molecule has 1 fully saturated rings. The number of nitrogens with two attached hydrogens (primary N) is 1. The van der Waals surface area contributed by atoms with E-state index in [2.05, 4.69) is 0 Å². The maximum absolute atomic E-state index is 12.8. The Labute approximate surface area is 130 Å². The van der Waals surface area contributed by atoms with E-state index in [1.54, 1.807) is 6.92 Å². The summed E-state index contributed by atoms with van der Waals surface area (Å²) >= 11 is 6.06. The molecule has 1 aliphatic carbocycles. The number of halogens is 1. The lowest BCUT2D eigenvalue weighted by molar-refractivity contribution is 0.198. The fourth-order valence-electron chi connectivity index (χ4n) is 2.36. The van der Waals surface area contributed by atoms with Crippen molar-refractivity contribution in [3.63, 3.8) is 0 Å². The maximum Gasteiger partial charge on any atom is 0.243 e. The Morgan fingerprint density at radius 2 is 2.10 bits per heavy atom. The van der Waals surface area contributed by atoms with E-state index in [0.29, 0.717) is 29.2 Å². The van der Waals surface area contributed by atoms with Crippen LogP contribution >= 0.6 is 11.6 Å². The van der Waals surface area contributed by atoms with E-state index in [9.17, 15) is 8.42 Å². The lowest BCUT2D eigenvalue weighted by Gasteiger charge is -2.36. The molecule has 0 aliphatic heterocycles. The van der Waals surface area contributed by atoms with Crippen LogP contribution in [0.15, 0.2) is 17.0 Å².